The largest absolute Gasteiger partial charge is 0.481 e. The molecule has 0 saturated carbocycles. The van der Waals surface area contributed by atoms with Crippen LogP contribution in [0.25, 0.3) is 0 Å². The number of carbonyl (C=O) groups excluding carboxylic acids is 2. The van der Waals surface area contributed by atoms with Crippen molar-refractivity contribution in [2.45, 2.75) is 18.7 Å². The lowest BCUT2D eigenvalue weighted by Crippen LogP contribution is -2.36. The first-order valence-electron chi connectivity index (χ1n) is 7.72. The number of hydrogen-bond donors (Lipinski definition) is 2. The lowest BCUT2D eigenvalue weighted by molar-refractivity contribution is -0.141. The molecule has 9 nitrogen and oxygen atoms in total. The number of carbonyl (C=O) groups is 3. The lowest BCUT2D eigenvalue weighted by Gasteiger charge is -2.20. The van der Waals surface area contributed by atoms with Crippen LogP contribution in [0.3, 0.4) is 0 Å². The molecule has 1 aromatic rings. The fourth-order valence-corrected chi connectivity index (χ4v) is 2.69. The van der Waals surface area contributed by atoms with Gasteiger partial charge < -0.3 is 20.1 Å². The molecule has 2 amide bonds. The Kier molecular flexibility index (Phi) is 7.13. The smallest absolute Gasteiger partial charge is 0.338 e. The Balaban J connectivity index is 3.11. The molecule has 1 unspecified atom stereocenters. The first-order valence-corrected chi connectivity index (χ1v) is 9.62. The highest BCUT2D eigenvalue weighted by Crippen LogP contribution is 2.20. The highest BCUT2D eigenvalue weighted by atomic mass is 32.2. The molecule has 0 aliphatic rings. The van der Waals surface area contributed by atoms with Crippen LogP contribution in [-0.4, -0.2) is 62.8 Å². The molecule has 144 valence electrons. The van der Waals surface area contributed by atoms with Crippen LogP contribution in [0.1, 0.15) is 24.2 Å². The van der Waals surface area contributed by atoms with Crippen LogP contribution in [0.4, 0.5) is 10.5 Å². The first kappa shape index (κ1) is 21.4. The maximum Gasteiger partial charge on any atom is 0.338 e. The molecule has 0 fully saturated rings. The number of nitrogens with zero attached hydrogens (tertiary/aromatic N) is 1. The molecule has 0 aliphatic heterocycles. The Bertz CT molecular complexity index is 805. The summed E-state index contributed by atoms with van der Waals surface area (Å²) in [5, 5.41) is 11.4. The Morgan fingerprint density at radius 3 is 2.38 bits per heavy atom. The number of ether oxygens (including phenoxy) is 1. The number of benzene rings is 1. The van der Waals surface area contributed by atoms with Crippen molar-refractivity contribution in [2.24, 2.45) is 5.92 Å². The van der Waals surface area contributed by atoms with E-state index in [1.165, 1.54) is 32.2 Å². The summed E-state index contributed by atoms with van der Waals surface area (Å²) in [5.41, 5.74) is 0.0578. The number of urea groups is 1. The Morgan fingerprint density at radius 1 is 1.27 bits per heavy atom. The van der Waals surface area contributed by atoms with E-state index in [4.69, 9.17) is 9.84 Å². The number of carboxylic acid groups (broad SMARTS) is 1. The minimum absolute atomic E-state index is 0.0216. The van der Waals surface area contributed by atoms with Gasteiger partial charge in [0.15, 0.2) is 9.84 Å². The number of anilines is 1. The van der Waals surface area contributed by atoms with Gasteiger partial charge in [-0.2, -0.15) is 0 Å². The predicted octanol–water partition coefficient (Wildman–Crippen LogP) is 1.45. The van der Waals surface area contributed by atoms with E-state index in [1.54, 1.807) is 6.92 Å². The van der Waals surface area contributed by atoms with E-state index in [0.717, 1.165) is 11.2 Å². The molecule has 0 saturated heterocycles. The summed E-state index contributed by atoms with van der Waals surface area (Å²) in [7, 11) is -2.23. The molecule has 0 bridgehead atoms. The first-order chi connectivity index (χ1) is 12.0. The van der Waals surface area contributed by atoms with Crippen molar-refractivity contribution >= 4 is 33.5 Å². The SMILES string of the molecule is CCOC(=O)c1cc(NC(=O)N(C)CC(C)C(=O)O)cc(S(C)(=O)=O)c1. The predicted molar refractivity (Wildman–Crippen MR) is 94.0 cm³/mol. The summed E-state index contributed by atoms with van der Waals surface area (Å²) in [6.45, 7) is 3.13. The number of esters is 1. The van der Waals surface area contributed by atoms with E-state index in [2.05, 4.69) is 5.32 Å². The number of carboxylic acids is 1. The summed E-state index contributed by atoms with van der Waals surface area (Å²) in [6.07, 6.45) is 0.976. The number of aliphatic carboxylic acids is 1. The van der Waals surface area contributed by atoms with Gasteiger partial charge in [0.05, 0.1) is 23.0 Å². The number of sulfone groups is 1. The van der Waals surface area contributed by atoms with Gasteiger partial charge in [0.25, 0.3) is 0 Å². The third kappa shape index (κ3) is 6.03. The van der Waals surface area contributed by atoms with Gasteiger partial charge in [-0.15, -0.1) is 0 Å². The molecule has 0 spiro atoms. The normalized spacial score (nSPS) is 12.2. The van der Waals surface area contributed by atoms with Crippen LogP contribution < -0.4 is 5.32 Å². The summed E-state index contributed by atoms with van der Waals surface area (Å²) in [5.74, 6) is -2.54. The number of nitrogens with one attached hydrogen (secondary N) is 1. The summed E-state index contributed by atoms with van der Waals surface area (Å²) < 4.78 is 28.5. The molecule has 1 aromatic carbocycles. The second-order valence-corrected chi connectivity index (χ2v) is 7.80. The van der Waals surface area contributed by atoms with E-state index in [-0.39, 0.29) is 29.3 Å². The molecule has 2 N–H and O–H groups in total. The quantitative estimate of drug-likeness (QED) is 0.678. The van der Waals surface area contributed by atoms with Crippen LogP contribution in [0, 0.1) is 5.92 Å². The molecular formula is C16H22N2O7S. The van der Waals surface area contributed by atoms with E-state index in [9.17, 15) is 22.8 Å². The minimum Gasteiger partial charge on any atom is -0.481 e. The van der Waals surface area contributed by atoms with Gasteiger partial charge in [0.1, 0.15) is 0 Å². The molecule has 0 heterocycles. The zero-order valence-corrected chi connectivity index (χ0v) is 15.8. The third-order valence-corrected chi connectivity index (χ3v) is 4.51. The summed E-state index contributed by atoms with van der Waals surface area (Å²) >= 11 is 0. The van der Waals surface area contributed by atoms with Crippen LogP contribution in [0.15, 0.2) is 23.1 Å². The van der Waals surface area contributed by atoms with Gasteiger partial charge in [0, 0.05) is 25.5 Å². The Hall–Kier alpha value is -2.62. The molecule has 10 heteroatoms. The lowest BCUT2D eigenvalue weighted by atomic mass is 10.2. The van der Waals surface area contributed by atoms with Gasteiger partial charge in [-0.05, 0) is 25.1 Å². The summed E-state index contributed by atoms with van der Waals surface area (Å²) in [4.78, 5) is 36.0. The Labute approximate surface area is 151 Å². The van der Waals surface area contributed by atoms with Gasteiger partial charge in [-0.25, -0.2) is 18.0 Å². The number of amides is 2. The van der Waals surface area contributed by atoms with Crippen molar-refractivity contribution in [3.63, 3.8) is 0 Å². The van der Waals surface area contributed by atoms with Crippen molar-refractivity contribution in [3.8, 4) is 0 Å². The second-order valence-electron chi connectivity index (χ2n) is 5.79. The zero-order valence-electron chi connectivity index (χ0n) is 15.0. The molecule has 0 aromatic heterocycles. The van der Waals surface area contributed by atoms with Crippen LogP contribution in [-0.2, 0) is 19.4 Å². The maximum absolute atomic E-state index is 12.2. The van der Waals surface area contributed by atoms with Crippen molar-refractivity contribution in [3.05, 3.63) is 23.8 Å². The zero-order chi connectivity index (χ0) is 20.1. The van der Waals surface area contributed by atoms with Crippen molar-refractivity contribution < 1.29 is 32.6 Å². The molecular weight excluding hydrogens is 364 g/mol. The highest BCUT2D eigenvalue weighted by Gasteiger charge is 2.19. The fourth-order valence-electron chi connectivity index (χ4n) is 2.01. The van der Waals surface area contributed by atoms with Gasteiger partial charge in [-0.3, -0.25) is 4.79 Å². The fraction of sp³-hybridized carbons (Fsp3) is 0.438. The van der Waals surface area contributed by atoms with Crippen molar-refractivity contribution in [1.82, 2.24) is 4.90 Å². The molecule has 0 aliphatic carbocycles. The minimum atomic E-state index is -3.63. The average Bonchev–Trinajstić information content (AvgIpc) is 2.53. The molecule has 0 radical (unpaired) electrons. The summed E-state index contributed by atoms with van der Waals surface area (Å²) in [6, 6.07) is 3.03. The topological polar surface area (TPSA) is 130 Å². The van der Waals surface area contributed by atoms with Crippen LogP contribution >= 0.6 is 0 Å². The molecule has 1 atom stereocenters. The van der Waals surface area contributed by atoms with Crippen LogP contribution in [0.5, 0.6) is 0 Å². The second kappa shape index (κ2) is 8.65. The average molecular weight is 386 g/mol. The molecule has 26 heavy (non-hydrogen) atoms. The number of rotatable bonds is 7. The molecule has 1 rings (SSSR count). The van der Waals surface area contributed by atoms with Crippen LogP contribution in [0.2, 0.25) is 0 Å². The van der Waals surface area contributed by atoms with Gasteiger partial charge in [-0.1, -0.05) is 6.92 Å². The van der Waals surface area contributed by atoms with Crippen molar-refractivity contribution in [2.75, 3.05) is 31.8 Å². The number of hydrogen-bond acceptors (Lipinski definition) is 6. The third-order valence-electron chi connectivity index (χ3n) is 3.41. The van der Waals surface area contributed by atoms with E-state index in [0.29, 0.717) is 0 Å². The standard InChI is InChI=1S/C16H22N2O7S/c1-5-25-15(21)11-6-12(8-13(7-11)26(4,23)24)17-16(22)18(3)9-10(2)14(19)20/h6-8,10H,5,9H2,1-4H3,(H,17,22)(H,19,20). The van der Waals surface area contributed by atoms with E-state index >= 15 is 0 Å². The monoisotopic (exact) mass is 386 g/mol. The Morgan fingerprint density at radius 2 is 1.88 bits per heavy atom. The maximum atomic E-state index is 12.2. The highest BCUT2D eigenvalue weighted by molar-refractivity contribution is 7.90. The van der Waals surface area contributed by atoms with E-state index in [1.807, 2.05) is 0 Å². The van der Waals surface area contributed by atoms with E-state index < -0.39 is 33.7 Å². The van der Waals surface area contributed by atoms with Gasteiger partial charge >= 0.3 is 18.0 Å². The van der Waals surface area contributed by atoms with Gasteiger partial charge in [0.2, 0.25) is 0 Å². The van der Waals surface area contributed by atoms with Crippen molar-refractivity contribution in [1.29, 1.82) is 0 Å².